The van der Waals surface area contributed by atoms with E-state index in [9.17, 15) is 19.5 Å². The van der Waals surface area contributed by atoms with Crippen LogP contribution in [-0.2, 0) is 23.1 Å². The normalized spacial score (nSPS) is 16.2. The van der Waals surface area contributed by atoms with E-state index in [4.69, 9.17) is 9.47 Å². The molecule has 0 bridgehead atoms. The molecule has 9 heteroatoms. The largest absolute Gasteiger partial charge is 0.478 e. The molecule has 0 radical (unpaired) electrons. The summed E-state index contributed by atoms with van der Waals surface area (Å²) in [5.74, 6) is -1.15. The first-order chi connectivity index (χ1) is 19.9. The van der Waals surface area contributed by atoms with Crippen molar-refractivity contribution >= 4 is 18.2 Å². The number of carbonyl (C=O) groups is 3. The van der Waals surface area contributed by atoms with E-state index in [0.717, 1.165) is 27.9 Å². The molecule has 2 amide bonds. The van der Waals surface area contributed by atoms with Gasteiger partial charge in [-0.05, 0) is 63.3 Å². The highest BCUT2D eigenvalue weighted by Crippen LogP contribution is 2.44. The lowest BCUT2D eigenvalue weighted by Crippen LogP contribution is -2.44. The Morgan fingerprint density at radius 2 is 1.57 bits per heavy atom. The van der Waals surface area contributed by atoms with Gasteiger partial charge in [0.15, 0.2) is 0 Å². The predicted molar refractivity (Wildman–Crippen MR) is 159 cm³/mol. The van der Waals surface area contributed by atoms with E-state index >= 15 is 0 Å². The van der Waals surface area contributed by atoms with Crippen LogP contribution in [0.1, 0.15) is 71.5 Å². The molecular formula is C33H39N3O6. The molecule has 2 aliphatic rings. The molecule has 0 spiro atoms. The first-order valence-electron chi connectivity index (χ1n) is 14.3. The smallest absolute Gasteiger partial charge is 0.410 e. The van der Waals surface area contributed by atoms with Gasteiger partial charge in [0.25, 0.3) is 0 Å². The molecule has 1 aliphatic heterocycles. The molecule has 5 rings (SSSR count). The maximum Gasteiger partial charge on any atom is 0.410 e. The van der Waals surface area contributed by atoms with E-state index in [1.807, 2.05) is 63.6 Å². The number of carboxylic acids is 1. The van der Waals surface area contributed by atoms with E-state index in [1.165, 1.54) is 0 Å². The van der Waals surface area contributed by atoms with Crippen molar-refractivity contribution in [2.75, 3.05) is 19.7 Å². The number of hydrogen-bond donors (Lipinski definition) is 1. The molecule has 0 saturated carbocycles. The Bertz CT molecular complexity index is 1490. The minimum atomic E-state index is -1.04. The van der Waals surface area contributed by atoms with Crippen LogP contribution in [0.5, 0.6) is 0 Å². The van der Waals surface area contributed by atoms with Crippen LogP contribution >= 0.6 is 0 Å². The lowest BCUT2D eigenvalue weighted by molar-refractivity contribution is 0.0272. The Morgan fingerprint density at radius 3 is 2.14 bits per heavy atom. The van der Waals surface area contributed by atoms with Gasteiger partial charge in [0.2, 0.25) is 0 Å². The molecule has 1 fully saturated rings. The van der Waals surface area contributed by atoms with Gasteiger partial charge in [-0.15, -0.1) is 0 Å². The van der Waals surface area contributed by atoms with Gasteiger partial charge in [-0.2, -0.15) is 0 Å². The maximum atomic E-state index is 13.9. The van der Waals surface area contributed by atoms with E-state index in [2.05, 4.69) is 24.3 Å². The van der Waals surface area contributed by atoms with E-state index in [-0.39, 0.29) is 37.2 Å². The van der Waals surface area contributed by atoms with Crippen molar-refractivity contribution in [1.29, 1.82) is 0 Å². The molecular weight excluding hydrogens is 534 g/mol. The minimum absolute atomic E-state index is 0.0542. The van der Waals surface area contributed by atoms with Gasteiger partial charge in [-0.1, -0.05) is 48.5 Å². The number of aromatic carboxylic acids is 1. The van der Waals surface area contributed by atoms with Gasteiger partial charge >= 0.3 is 18.2 Å². The van der Waals surface area contributed by atoms with Gasteiger partial charge in [0.05, 0.1) is 18.2 Å². The molecule has 222 valence electrons. The fourth-order valence-corrected chi connectivity index (χ4v) is 6.18. The zero-order chi connectivity index (χ0) is 30.3. The van der Waals surface area contributed by atoms with Crippen molar-refractivity contribution in [3.05, 3.63) is 82.2 Å². The monoisotopic (exact) mass is 573 g/mol. The van der Waals surface area contributed by atoms with Crippen molar-refractivity contribution in [1.82, 2.24) is 14.4 Å². The lowest BCUT2D eigenvalue weighted by Gasteiger charge is -2.30. The average molecular weight is 574 g/mol. The summed E-state index contributed by atoms with van der Waals surface area (Å²) < 4.78 is 13.4. The highest BCUT2D eigenvalue weighted by Gasteiger charge is 2.38. The van der Waals surface area contributed by atoms with Crippen LogP contribution < -0.4 is 0 Å². The van der Waals surface area contributed by atoms with Crippen LogP contribution in [0.4, 0.5) is 9.59 Å². The number of hydrogen-bond acceptors (Lipinski definition) is 5. The van der Waals surface area contributed by atoms with Crippen LogP contribution in [0.2, 0.25) is 0 Å². The van der Waals surface area contributed by atoms with Crippen molar-refractivity contribution in [3.63, 3.8) is 0 Å². The number of carbonyl (C=O) groups excluding carboxylic acids is 2. The van der Waals surface area contributed by atoms with Gasteiger partial charge in [0, 0.05) is 43.0 Å². The van der Waals surface area contributed by atoms with Gasteiger partial charge in [-0.25, -0.2) is 14.4 Å². The molecule has 2 aromatic carbocycles. The summed E-state index contributed by atoms with van der Waals surface area (Å²) in [6, 6.07) is 15.9. The highest BCUT2D eigenvalue weighted by atomic mass is 16.6. The standard InChI is InChI=1S/C33H39N3O6/c1-20-27(29(30(37)38)21(2)34(20)6)18-36(22-15-16-35(17-22)31(39)42-33(3,4)5)32(40)41-19-28-25-13-9-7-11-23(25)24-12-8-10-14-26(24)28/h7-14,22,28H,15-19H2,1-6H3,(H,37,38). The van der Waals surface area contributed by atoms with Crippen molar-refractivity contribution in [3.8, 4) is 11.1 Å². The van der Waals surface area contributed by atoms with Crippen molar-refractivity contribution in [2.45, 2.75) is 65.1 Å². The number of likely N-dealkylation sites (tertiary alicyclic amines) is 1. The molecule has 1 saturated heterocycles. The molecule has 1 aliphatic carbocycles. The molecule has 1 atom stereocenters. The third kappa shape index (κ3) is 5.47. The Kier molecular flexibility index (Phi) is 7.79. The molecule has 3 aromatic rings. The topological polar surface area (TPSA) is 101 Å². The highest BCUT2D eigenvalue weighted by molar-refractivity contribution is 5.91. The Labute approximate surface area is 246 Å². The second kappa shape index (κ2) is 11.2. The molecule has 42 heavy (non-hydrogen) atoms. The fraction of sp³-hybridized carbons (Fsp3) is 0.424. The SMILES string of the molecule is Cc1c(CN(C(=O)OCC2c3ccccc3-c3ccccc32)C2CCN(C(=O)OC(C)(C)C)C2)c(C(=O)O)c(C)n1C. The van der Waals surface area contributed by atoms with Gasteiger partial charge in [0.1, 0.15) is 12.2 Å². The molecule has 2 heterocycles. The number of carboxylic acid groups (broad SMARTS) is 1. The van der Waals surface area contributed by atoms with E-state index in [1.54, 1.807) is 16.7 Å². The summed E-state index contributed by atoms with van der Waals surface area (Å²) >= 11 is 0. The average Bonchev–Trinajstić information content (AvgIpc) is 3.60. The summed E-state index contributed by atoms with van der Waals surface area (Å²) in [5, 5.41) is 10.0. The minimum Gasteiger partial charge on any atom is -0.478 e. The van der Waals surface area contributed by atoms with Crippen LogP contribution in [0, 0.1) is 13.8 Å². The molecule has 1 aromatic heterocycles. The molecule has 1 unspecified atom stereocenters. The van der Waals surface area contributed by atoms with Crippen LogP contribution in [0.25, 0.3) is 11.1 Å². The van der Waals surface area contributed by atoms with Crippen LogP contribution in [0.3, 0.4) is 0 Å². The van der Waals surface area contributed by atoms with Crippen LogP contribution in [0.15, 0.2) is 48.5 Å². The Balaban J connectivity index is 1.42. The fourth-order valence-electron chi connectivity index (χ4n) is 6.18. The zero-order valence-corrected chi connectivity index (χ0v) is 25.1. The number of aromatic nitrogens is 1. The summed E-state index contributed by atoms with van der Waals surface area (Å²) in [5.41, 5.74) is 5.98. The lowest BCUT2D eigenvalue weighted by atomic mass is 9.98. The third-order valence-electron chi connectivity index (χ3n) is 8.48. The quantitative estimate of drug-likeness (QED) is 0.382. The van der Waals surface area contributed by atoms with Crippen molar-refractivity contribution < 1.29 is 29.0 Å². The predicted octanol–water partition coefficient (Wildman–Crippen LogP) is 6.10. The number of benzene rings is 2. The van der Waals surface area contributed by atoms with Gasteiger partial charge < -0.3 is 24.0 Å². The Hall–Kier alpha value is -4.27. The van der Waals surface area contributed by atoms with Gasteiger partial charge in [-0.3, -0.25) is 4.90 Å². The Morgan fingerprint density at radius 1 is 0.976 bits per heavy atom. The van der Waals surface area contributed by atoms with E-state index in [0.29, 0.717) is 24.2 Å². The summed E-state index contributed by atoms with van der Waals surface area (Å²) in [4.78, 5) is 42.2. The first kappa shape index (κ1) is 29.2. The first-order valence-corrected chi connectivity index (χ1v) is 14.3. The summed E-state index contributed by atoms with van der Waals surface area (Å²) in [7, 11) is 1.82. The van der Waals surface area contributed by atoms with Crippen molar-refractivity contribution in [2.24, 2.45) is 7.05 Å². The summed E-state index contributed by atoms with van der Waals surface area (Å²) in [6.45, 7) is 9.95. The number of amides is 2. The molecule has 9 nitrogen and oxygen atoms in total. The zero-order valence-electron chi connectivity index (χ0n) is 25.1. The number of ether oxygens (including phenoxy) is 2. The summed E-state index contributed by atoms with van der Waals surface area (Å²) in [6.07, 6.45) is -0.447. The second-order valence-corrected chi connectivity index (χ2v) is 12.2. The number of fused-ring (bicyclic) bond motifs is 3. The van der Waals surface area contributed by atoms with Crippen LogP contribution in [-0.4, -0.2) is 69.0 Å². The third-order valence-corrected chi connectivity index (χ3v) is 8.48. The van der Waals surface area contributed by atoms with E-state index < -0.39 is 23.8 Å². The number of rotatable bonds is 6. The number of nitrogens with zero attached hydrogens (tertiary/aromatic N) is 3. The second-order valence-electron chi connectivity index (χ2n) is 12.2. The maximum absolute atomic E-state index is 13.9. The molecule has 1 N–H and O–H groups in total.